The maximum atomic E-state index is 12.4. The van der Waals surface area contributed by atoms with Gasteiger partial charge in [-0.15, -0.1) is 0 Å². The Morgan fingerprint density at radius 2 is 1.57 bits per heavy atom. The molecule has 0 amide bonds. The summed E-state index contributed by atoms with van der Waals surface area (Å²) < 4.78 is 0. The van der Waals surface area contributed by atoms with Crippen molar-refractivity contribution in [3.63, 3.8) is 0 Å². The number of ketones is 1. The quantitative estimate of drug-likeness (QED) is 0.828. The van der Waals surface area contributed by atoms with Gasteiger partial charge in [0.05, 0.1) is 11.1 Å². The first-order valence-electron chi connectivity index (χ1n) is 6.99. The second kappa shape index (κ2) is 6.31. The molecule has 0 fully saturated rings. The Bertz CT molecular complexity index is 648. The lowest BCUT2D eigenvalue weighted by molar-refractivity contribution is 0.103. The minimum Gasteiger partial charge on any atom is -0.507 e. The fraction of sp³-hybridized carbons (Fsp3) is 0.235. The van der Waals surface area contributed by atoms with Crippen molar-refractivity contribution in [1.29, 1.82) is 0 Å². The Labute approximate surface area is 124 Å². The molecule has 0 spiro atoms. The van der Waals surface area contributed by atoms with Gasteiger partial charge in [0.15, 0.2) is 5.78 Å². The second-order valence-electron chi connectivity index (χ2n) is 4.72. The zero-order valence-corrected chi connectivity index (χ0v) is 12.2. The SMILES string of the molecule is CCN(CC)c1ccc(C(=O)c2ccccc2O)c(O)c1. The lowest BCUT2D eigenvalue weighted by Gasteiger charge is -2.21. The van der Waals surface area contributed by atoms with Crippen LogP contribution in [-0.4, -0.2) is 29.1 Å². The number of carbonyl (C=O) groups is 1. The summed E-state index contributed by atoms with van der Waals surface area (Å²) in [6.45, 7) is 5.70. The molecule has 2 aromatic rings. The van der Waals surface area contributed by atoms with E-state index < -0.39 is 5.78 Å². The van der Waals surface area contributed by atoms with Crippen LogP contribution in [0.25, 0.3) is 0 Å². The van der Waals surface area contributed by atoms with Gasteiger partial charge < -0.3 is 15.1 Å². The first-order chi connectivity index (χ1) is 10.1. The molecule has 2 rings (SSSR count). The van der Waals surface area contributed by atoms with Gasteiger partial charge in [-0.25, -0.2) is 0 Å². The van der Waals surface area contributed by atoms with Crippen LogP contribution in [0.15, 0.2) is 42.5 Å². The van der Waals surface area contributed by atoms with Crippen molar-refractivity contribution in [2.75, 3.05) is 18.0 Å². The highest BCUT2D eigenvalue weighted by Gasteiger charge is 2.17. The summed E-state index contributed by atoms with van der Waals surface area (Å²) in [5.41, 5.74) is 1.24. The summed E-state index contributed by atoms with van der Waals surface area (Å²) in [7, 11) is 0. The van der Waals surface area contributed by atoms with Gasteiger partial charge >= 0.3 is 0 Å². The third kappa shape index (κ3) is 2.99. The molecule has 4 heteroatoms. The summed E-state index contributed by atoms with van der Waals surface area (Å²) in [5.74, 6) is -0.556. The lowest BCUT2D eigenvalue weighted by atomic mass is 10.0. The Balaban J connectivity index is 2.38. The lowest BCUT2D eigenvalue weighted by Crippen LogP contribution is -2.21. The summed E-state index contributed by atoms with van der Waals surface area (Å²) in [5, 5.41) is 19.9. The van der Waals surface area contributed by atoms with E-state index in [4.69, 9.17) is 0 Å². The monoisotopic (exact) mass is 285 g/mol. The Hall–Kier alpha value is -2.49. The Morgan fingerprint density at radius 3 is 2.14 bits per heavy atom. The number of phenols is 2. The number of hydrogen-bond donors (Lipinski definition) is 2. The van der Waals surface area contributed by atoms with Crippen LogP contribution in [0.1, 0.15) is 29.8 Å². The zero-order chi connectivity index (χ0) is 15.4. The van der Waals surface area contributed by atoms with Crippen LogP contribution in [0.5, 0.6) is 11.5 Å². The first kappa shape index (κ1) is 14.9. The molecular weight excluding hydrogens is 266 g/mol. The number of hydrogen-bond acceptors (Lipinski definition) is 4. The summed E-state index contributed by atoms with van der Waals surface area (Å²) in [6.07, 6.45) is 0. The van der Waals surface area contributed by atoms with Crippen LogP contribution in [-0.2, 0) is 0 Å². The van der Waals surface area contributed by atoms with Crippen LogP contribution < -0.4 is 4.90 Å². The van der Waals surface area contributed by atoms with Gasteiger partial charge in [-0.2, -0.15) is 0 Å². The maximum Gasteiger partial charge on any atom is 0.200 e. The first-order valence-corrected chi connectivity index (χ1v) is 6.99. The number of rotatable bonds is 5. The standard InChI is InChI=1S/C17H19NO3/c1-3-18(4-2)12-9-10-14(16(20)11-12)17(21)13-7-5-6-8-15(13)19/h5-11,19-20H,3-4H2,1-2H3. The van der Waals surface area contributed by atoms with Crippen molar-refractivity contribution in [3.05, 3.63) is 53.6 Å². The van der Waals surface area contributed by atoms with E-state index in [2.05, 4.69) is 4.90 Å². The van der Waals surface area contributed by atoms with Crippen molar-refractivity contribution in [2.45, 2.75) is 13.8 Å². The van der Waals surface area contributed by atoms with Crippen LogP contribution >= 0.6 is 0 Å². The summed E-state index contributed by atoms with van der Waals surface area (Å²) >= 11 is 0. The largest absolute Gasteiger partial charge is 0.507 e. The molecule has 2 aromatic carbocycles. The van der Waals surface area contributed by atoms with Crippen molar-refractivity contribution >= 4 is 11.5 Å². The molecule has 0 bridgehead atoms. The number of nitrogens with zero attached hydrogens (tertiary/aromatic N) is 1. The van der Waals surface area contributed by atoms with E-state index in [1.165, 1.54) is 12.1 Å². The van der Waals surface area contributed by atoms with Gasteiger partial charge in [-0.05, 0) is 38.1 Å². The minimum absolute atomic E-state index is 0.0762. The molecule has 21 heavy (non-hydrogen) atoms. The smallest absolute Gasteiger partial charge is 0.200 e. The highest BCUT2D eigenvalue weighted by molar-refractivity contribution is 6.12. The summed E-state index contributed by atoms with van der Waals surface area (Å²) in [6, 6.07) is 11.3. The molecule has 0 unspecified atom stereocenters. The highest BCUT2D eigenvalue weighted by atomic mass is 16.3. The molecule has 0 atom stereocenters. The minimum atomic E-state index is -0.392. The molecule has 0 aliphatic rings. The van der Waals surface area contributed by atoms with Crippen LogP contribution in [0.2, 0.25) is 0 Å². The molecule has 0 aliphatic carbocycles. The van der Waals surface area contributed by atoms with E-state index in [-0.39, 0.29) is 22.6 Å². The molecule has 110 valence electrons. The van der Waals surface area contributed by atoms with E-state index in [0.29, 0.717) is 0 Å². The normalized spacial score (nSPS) is 10.4. The zero-order valence-electron chi connectivity index (χ0n) is 12.2. The van der Waals surface area contributed by atoms with E-state index in [1.54, 1.807) is 30.3 Å². The van der Waals surface area contributed by atoms with Crippen LogP contribution in [0.4, 0.5) is 5.69 Å². The number of para-hydroxylation sites is 1. The Morgan fingerprint density at radius 1 is 0.952 bits per heavy atom. The maximum absolute atomic E-state index is 12.4. The molecule has 0 aromatic heterocycles. The van der Waals surface area contributed by atoms with E-state index in [0.717, 1.165) is 18.8 Å². The average molecular weight is 285 g/mol. The van der Waals surface area contributed by atoms with Gasteiger partial charge in [0.1, 0.15) is 11.5 Å². The fourth-order valence-corrected chi connectivity index (χ4v) is 2.31. The number of aromatic hydroxyl groups is 2. The van der Waals surface area contributed by atoms with E-state index in [9.17, 15) is 15.0 Å². The van der Waals surface area contributed by atoms with E-state index in [1.807, 2.05) is 13.8 Å². The number of anilines is 1. The predicted molar refractivity (Wildman–Crippen MR) is 83.2 cm³/mol. The third-order valence-electron chi connectivity index (χ3n) is 3.50. The fourth-order valence-electron chi connectivity index (χ4n) is 2.31. The number of carbonyl (C=O) groups excluding carboxylic acids is 1. The number of phenolic OH excluding ortho intramolecular Hbond substituents is 2. The molecular formula is C17H19NO3. The van der Waals surface area contributed by atoms with Crippen molar-refractivity contribution in [2.24, 2.45) is 0 Å². The molecule has 0 saturated heterocycles. The van der Waals surface area contributed by atoms with Crippen LogP contribution in [0, 0.1) is 0 Å². The molecule has 2 N–H and O–H groups in total. The topological polar surface area (TPSA) is 60.8 Å². The predicted octanol–water partition coefficient (Wildman–Crippen LogP) is 3.18. The van der Waals surface area contributed by atoms with Crippen LogP contribution in [0.3, 0.4) is 0 Å². The number of benzene rings is 2. The highest BCUT2D eigenvalue weighted by Crippen LogP contribution is 2.28. The summed E-state index contributed by atoms with van der Waals surface area (Å²) in [4.78, 5) is 14.5. The molecule has 0 saturated carbocycles. The van der Waals surface area contributed by atoms with Crippen molar-refractivity contribution < 1.29 is 15.0 Å². The van der Waals surface area contributed by atoms with Gasteiger partial charge in [-0.3, -0.25) is 4.79 Å². The Kier molecular flexibility index (Phi) is 4.48. The molecule has 0 aliphatic heterocycles. The molecule has 0 radical (unpaired) electrons. The molecule has 0 heterocycles. The van der Waals surface area contributed by atoms with E-state index >= 15 is 0 Å². The van der Waals surface area contributed by atoms with Crippen molar-refractivity contribution in [1.82, 2.24) is 0 Å². The van der Waals surface area contributed by atoms with Gasteiger partial charge in [0, 0.05) is 24.8 Å². The second-order valence-corrected chi connectivity index (χ2v) is 4.72. The van der Waals surface area contributed by atoms with Crippen molar-refractivity contribution in [3.8, 4) is 11.5 Å². The van der Waals surface area contributed by atoms with Gasteiger partial charge in [0.2, 0.25) is 0 Å². The average Bonchev–Trinajstić information content (AvgIpc) is 2.48. The van der Waals surface area contributed by atoms with Gasteiger partial charge in [0.25, 0.3) is 0 Å². The third-order valence-corrected chi connectivity index (χ3v) is 3.50. The van der Waals surface area contributed by atoms with Gasteiger partial charge in [-0.1, -0.05) is 12.1 Å². The molecule has 4 nitrogen and oxygen atoms in total.